The van der Waals surface area contributed by atoms with Gasteiger partial charge in [0, 0.05) is 31.7 Å². The van der Waals surface area contributed by atoms with Crippen LogP contribution in [0.15, 0.2) is 53.3 Å². The highest BCUT2D eigenvalue weighted by molar-refractivity contribution is 6.21. The van der Waals surface area contributed by atoms with Gasteiger partial charge < -0.3 is 9.88 Å². The summed E-state index contributed by atoms with van der Waals surface area (Å²) in [5, 5.41) is 0. The molecule has 7 nitrogen and oxygen atoms in total. The highest BCUT2D eigenvalue weighted by Gasteiger charge is 2.41. The largest absolute Gasteiger partial charge is 0.326 e. The molecule has 2 amide bonds. The first-order valence-electron chi connectivity index (χ1n) is 12.5. The van der Waals surface area contributed by atoms with Crippen LogP contribution in [0.2, 0.25) is 0 Å². The molecule has 3 aliphatic rings. The molecule has 0 spiro atoms. The van der Waals surface area contributed by atoms with Gasteiger partial charge in [-0.1, -0.05) is 24.3 Å². The first kappa shape index (κ1) is 21.4. The van der Waals surface area contributed by atoms with E-state index in [-0.39, 0.29) is 29.6 Å². The monoisotopic (exact) mass is 458 g/mol. The fourth-order valence-electron chi connectivity index (χ4n) is 6.29. The molecule has 2 fully saturated rings. The van der Waals surface area contributed by atoms with Crippen molar-refractivity contribution < 1.29 is 9.59 Å². The molecule has 3 aromatic rings. The topological polar surface area (TPSA) is 78.4 Å². The minimum atomic E-state index is -0.126. The number of nitrogens with one attached hydrogen (secondary N) is 1. The molecule has 3 heterocycles. The Hall–Kier alpha value is -3.19. The maximum atomic E-state index is 12.8. The second-order valence-electron chi connectivity index (χ2n) is 10.0. The molecular weight excluding hydrogens is 428 g/mol. The van der Waals surface area contributed by atoms with Gasteiger partial charge in [0.15, 0.2) is 0 Å². The number of aromatic amines is 1. The lowest BCUT2D eigenvalue weighted by molar-refractivity contribution is 0.0513. The molecule has 34 heavy (non-hydrogen) atoms. The van der Waals surface area contributed by atoms with Crippen LogP contribution < -0.4 is 5.69 Å². The lowest BCUT2D eigenvalue weighted by Gasteiger charge is -2.38. The van der Waals surface area contributed by atoms with Crippen molar-refractivity contribution in [3.63, 3.8) is 0 Å². The molecule has 7 heteroatoms. The zero-order chi connectivity index (χ0) is 23.2. The van der Waals surface area contributed by atoms with Crippen LogP contribution >= 0.6 is 0 Å². The lowest BCUT2D eigenvalue weighted by Crippen LogP contribution is -2.44. The van der Waals surface area contributed by atoms with Gasteiger partial charge in [-0.3, -0.25) is 19.1 Å². The average molecular weight is 459 g/mol. The van der Waals surface area contributed by atoms with E-state index in [2.05, 4.69) is 9.88 Å². The summed E-state index contributed by atoms with van der Waals surface area (Å²) in [4.78, 5) is 45.2. The van der Waals surface area contributed by atoms with E-state index >= 15 is 0 Å². The average Bonchev–Trinajstić information content (AvgIpc) is 3.33. The van der Waals surface area contributed by atoms with Crippen LogP contribution in [0.3, 0.4) is 0 Å². The summed E-state index contributed by atoms with van der Waals surface area (Å²) in [6.07, 6.45) is 5.81. The van der Waals surface area contributed by atoms with E-state index in [4.69, 9.17) is 0 Å². The smallest absolute Gasteiger partial charge is 0.306 e. The summed E-state index contributed by atoms with van der Waals surface area (Å²) >= 11 is 0. The number of fused-ring (bicyclic) bond motifs is 2. The summed E-state index contributed by atoms with van der Waals surface area (Å²) in [6.45, 7) is 3.05. The number of H-pyrrole nitrogens is 1. The maximum absolute atomic E-state index is 12.8. The van der Waals surface area contributed by atoms with Crippen LogP contribution in [0.4, 0.5) is 0 Å². The van der Waals surface area contributed by atoms with Gasteiger partial charge in [-0.2, -0.15) is 0 Å². The van der Waals surface area contributed by atoms with E-state index in [0.717, 1.165) is 69.2 Å². The number of aromatic nitrogens is 2. The van der Waals surface area contributed by atoms with Crippen LogP contribution in [0.25, 0.3) is 11.0 Å². The molecule has 0 unspecified atom stereocenters. The van der Waals surface area contributed by atoms with E-state index in [1.807, 2.05) is 41.0 Å². The van der Waals surface area contributed by atoms with Gasteiger partial charge in [0.1, 0.15) is 0 Å². The molecule has 2 aromatic carbocycles. The van der Waals surface area contributed by atoms with Gasteiger partial charge in [-0.25, -0.2) is 4.79 Å². The van der Waals surface area contributed by atoms with E-state index in [1.165, 1.54) is 4.90 Å². The summed E-state index contributed by atoms with van der Waals surface area (Å²) in [5.41, 5.74) is 2.99. The Morgan fingerprint density at radius 3 is 2.03 bits per heavy atom. The van der Waals surface area contributed by atoms with Crippen molar-refractivity contribution >= 4 is 22.8 Å². The summed E-state index contributed by atoms with van der Waals surface area (Å²) < 4.78 is 1.94. The summed E-state index contributed by atoms with van der Waals surface area (Å²) in [7, 11) is 0. The molecule has 0 radical (unpaired) electrons. The number of amides is 2. The number of benzene rings is 2. The second-order valence-corrected chi connectivity index (χ2v) is 10.0. The molecule has 6 rings (SSSR count). The quantitative estimate of drug-likeness (QED) is 0.603. The number of imidazole rings is 1. The van der Waals surface area contributed by atoms with E-state index in [1.54, 1.807) is 12.1 Å². The molecule has 1 aliphatic carbocycles. The lowest BCUT2D eigenvalue weighted by atomic mass is 9.84. The van der Waals surface area contributed by atoms with Crippen molar-refractivity contribution in [2.45, 2.75) is 50.6 Å². The standard InChI is InChI=1S/C27H30N4O3/c32-25-21-5-1-2-6-22(21)26(33)31(25)19-11-9-18(10-12-19)17-29-15-13-20(14-16-29)30-24-8-4-3-7-23(24)28-27(30)34/h1-8,18-20H,9-17H2,(H,28,34)/t18-,19-. The van der Waals surface area contributed by atoms with Crippen LogP contribution in [0.1, 0.15) is 65.3 Å². The fraction of sp³-hybridized carbons (Fsp3) is 0.444. The molecule has 2 aliphatic heterocycles. The maximum Gasteiger partial charge on any atom is 0.326 e. The third kappa shape index (κ3) is 3.59. The Morgan fingerprint density at radius 1 is 0.735 bits per heavy atom. The number of carbonyl (C=O) groups excluding carboxylic acids is 2. The Balaban J connectivity index is 1.03. The summed E-state index contributed by atoms with van der Waals surface area (Å²) in [6, 6.07) is 15.3. The third-order valence-electron chi connectivity index (χ3n) is 8.07. The molecule has 1 saturated carbocycles. The first-order valence-corrected chi connectivity index (χ1v) is 12.5. The van der Waals surface area contributed by atoms with Crippen molar-refractivity contribution in [1.29, 1.82) is 0 Å². The number of likely N-dealkylation sites (tertiary alicyclic amines) is 1. The van der Waals surface area contributed by atoms with Crippen molar-refractivity contribution in [3.05, 3.63) is 70.1 Å². The number of hydrogen-bond acceptors (Lipinski definition) is 4. The number of imide groups is 1. The predicted molar refractivity (Wildman–Crippen MR) is 130 cm³/mol. The predicted octanol–water partition coefficient (Wildman–Crippen LogP) is 3.82. The molecule has 0 atom stereocenters. The van der Waals surface area contributed by atoms with Gasteiger partial charge >= 0.3 is 5.69 Å². The van der Waals surface area contributed by atoms with Crippen LogP contribution in [-0.2, 0) is 0 Å². The number of hydrogen-bond donors (Lipinski definition) is 1. The number of piperidine rings is 1. The van der Waals surface area contributed by atoms with Crippen molar-refractivity contribution in [2.24, 2.45) is 5.92 Å². The van der Waals surface area contributed by atoms with Gasteiger partial charge in [0.05, 0.1) is 22.2 Å². The Bertz CT molecular complexity index is 1260. The van der Waals surface area contributed by atoms with E-state index in [0.29, 0.717) is 17.0 Å². The molecule has 1 N–H and O–H groups in total. The Morgan fingerprint density at radius 2 is 1.35 bits per heavy atom. The Labute approximate surface area is 198 Å². The number of nitrogens with zero attached hydrogens (tertiary/aromatic N) is 3. The van der Waals surface area contributed by atoms with Crippen molar-refractivity contribution in [2.75, 3.05) is 19.6 Å². The van der Waals surface area contributed by atoms with Crippen molar-refractivity contribution in [1.82, 2.24) is 19.4 Å². The van der Waals surface area contributed by atoms with Crippen LogP contribution in [0, 0.1) is 5.92 Å². The number of rotatable bonds is 4. The highest BCUT2D eigenvalue weighted by Crippen LogP contribution is 2.34. The molecule has 1 aromatic heterocycles. The fourth-order valence-corrected chi connectivity index (χ4v) is 6.29. The third-order valence-corrected chi connectivity index (χ3v) is 8.07. The van der Waals surface area contributed by atoms with E-state index < -0.39 is 0 Å². The number of carbonyl (C=O) groups is 2. The highest BCUT2D eigenvalue weighted by atomic mass is 16.2. The van der Waals surface area contributed by atoms with Crippen molar-refractivity contribution in [3.8, 4) is 0 Å². The normalized spacial score (nSPS) is 24.2. The van der Waals surface area contributed by atoms with Gasteiger partial charge in [-0.05, 0) is 68.7 Å². The Kier molecular flexibility index (Phi) is 5.37. The zero-order valence-corrected chi connectivity index (χ0v) is 19.3. The minimum absolute atomic E-state index is 0.00821. The minimum Gasteiger partial charge on any atom is -0.306 e. The van der Waals surface area contributed by atoms with Gasteiger partial charge in [-0.15, -0.1) is 0 Å². The SMILES string of the molecule is O=C1c2ccccc2C(=O)N1[C@H]1CC[C@H](CN2CCC(n3c(=O)[nH]c4ccccc43)CC2)CC1. The first-order chi connectivity index (χ1) is 16.6. The second kappa shape index (κ2) is 8.55. The molecule has 0 bridgehead atoms. The van der Waals surface area contributed by atoms with Gasteiger partial charge in [0.25, 0.3) is 11.8 Å². The van der Waals surface area contributed by atoms with Crippen LogP contribution in [0.5, 0.6) is 0 Å². The molecular formula is C27H30N4O3. The summed E-state index contributed by atoms with van der Waals surface area (Å²) in [5.74, 6) is 0.344. The van der Waals surface area contributed by atoms with Gasteiger partial charge in [0.2, 0.25) is 0 Å². The van der Waals surface area contributed by atoms with E-state index in [9.17, 15) is 14.4 Å². The zero-order valence-electron chi connectivity index (χ0n) is 19.3. The number of para-hydroxylation sites is 2. The molecule has 176 valence electrons. The molecule has 1 saturated heterocycles. The van der Waals surface area contributed by atoms with Crippen LogP contribution in [-0.4, -0.2) is 56.8 Å².